The Morgan fingerprint density at radius 3 is 2.73 bits per heavy atom. The van der Waals surface area contributed by atoms with Gasteiger partial charge < -0.3 is 19.7 Å². The quantitative estimate of drug-likeness (QED) is 0.599. The molecule has 1 fully saturated rings. The highest BCUT2D eigenvalue weighted by atomic mass is 19.1. The van der Waals surface area contributed by atoms with E-state index in [-0.39, 0.29) is 29.7 Å². The number of likely N-dealkylation sites (tertiary alicyclic amines) is 1. The van der Waals surface area contributed by atoms with Crippen molar-refractivity contribution in [2.75, 3.05) is 25.5 Å². The Balaban J connectivity index is 1.43. The molecule has 33 heavy (non-hydrogen) atoms. The van der Waals surface area contributed by atoms with Crippen LogP contribution in [-0.4, -0.2) is 41.9 Å². The zero-order valence-corrected chi connectivity index (χ0v) is 18.2. The zero-order valence-electron chi connectivity index (χ0n) is 18.2. The fourth-order valence-corrected chi connectivity index (χ4v) is 3.79. The number of nitrogens with zero attached hydrogens (tertiary/aromatic N) is 2. The molecule has 1 aliphatic rings. The third-order valence-electron chi connectivity index (χ3n) is 5.49. The van der Waals surface area contributed by atoms with Crippen molar-refractivity contribution >= 4 is 17.5 Å². The Morgan fingerprint density at radius 2 is 1.97 bits per heavy atom. The molecule has 170 valence electrons. The second-order valence-corrected chi connectivity index (χ2v) is 7.72. The van der Waals surface area contributed by atoms with Crippen LogP contribution in [0.1, 0.15) is 23.2 Å². The lowest BCUT2D eigenvalue weighted by Crippen LogP contribution is -2.43. The topological polar surface area (TPSA) is 80.8 Å². The van der Waals surface area contributed by atoms with E-state index in [1.807, 2.05) is 6.07 Å². The molecule has 0 bridgehead atoms. The van der Waals surface area contributed by atoms with Gasteiger partial charge in [0.15, 0.2) is 17.3 Å². The highest BCUT2D eigenvalue weighted by molar-refractivity contribution is 5.97. The highest BCUT2D eigenvalue weighted by Crippen LogP contribution is 2.30. The maximum absolute atomic E-state index is 14.0. The van der Waals surface area contributed by atoms with E-state index >= 15 is 0 Å². The summed E-state index contributed by atoms with van der Waals surface area (Å²) in [6.45, 7) is 0.765. The molecule has 2 heterocycles. The van der Waals surface area contributed by atoms with E-state index in [0.717, 1.165) is 6.07 Å². The Bertz CT molecular complexity index is 1140. The number of carbonyl (C=O) groups excluding carboxylic acids is 2. The molecule has 0 saturated carbocycles. The van der Waals surface area contributed by atoms with E-state index < -0.39 is 11.7 Å². The molecule has 1 N–H and O–H groups in total. The molecule has 3 aromatic rings. The number of benzene rings is 2. The van der Waals surface area contributed by atoms with Gasteiger partial charge in [-0.1, -0.05) is 12.1 Å². The standard InChI is InChI=1S/C25H24FN3O4/c1-32-22-11-10-17(14-20(22)26)25(31)29-13-5-6-18(16-29)24(30)28-21-8-2-3-9-23(21)33-19-7-4-12-27-15-19/h2-4,7-12,14-15,18H,5-6,13,16H2,1H3,(H,28,30)/t18-/m0/s1. The van der Waals surface area contributed by atoms with Crippen LogP contribution in [0.5, 0.6) is 17.2 Å². The number of amides is 2. The predicted molar refractivity (Wildman–Crippen MR) is 121 cm³/mol. The summed E-state index contributed by atoms with van der Waals surface area (Å²) in [7, 11) is 1.37. The molecule has 0 unspecified atom stereocenters. The summed E-state index contributed by atoms with van der Waals surface area (Å²) in [5.41, 5.74) is 0.761. The van der Waals surface area contributed by atoms with Gasteiger partial charge in [-0.3, -0.25) is 14.6 Å². The summed E-state index contributed by atoms with van der Waals surface area (Å²) in [6.07, 6.45) is 4.57. The SMILES string of the molecule is COc1ccc(C(=O)N2CCC[C@H](C(=O)Nc3ccccc3Oc3cccnc3)C2)cc1F. The normalized spacial score (nSPS) is 15.6. The zero-order chi connectivity index (χ0) is 23.2. The van der Waals surface area contributed by atoms with Crippen molar-refractivity contribution in [2.45, 2.75) is 12.8 Å². The molecule has 0 aliphatic carbocycles. The van der Waals surface area contributed by atoms with Crippen LogP contribution in [0.3, 0.4) is 0 Å². The van der Waals surface area contributed by atoms with Crippen molar-refractivity contribution in [3.8, 4) is 17.2 Å². The fraction of sp³-hybridized carbons (Fsp3) is 0.240. The lowest BCUT2D eigenvalue weighted by Gasteiger charge is -2.32. The summed E-state index contributed by atoms with van der Waals surface area (Å²) in [4.78, 5) is 31.5. The lowest BCUT2D eigenvalue weighted by molar-refractivity contribution is -0.121. The molecule has 2 amide bonds. The van der Waals surface area contributed by atoms with Gasteiger partial charge in [-0.25, -0.2) is 4.39 Å². The van der Waals surface area contributed by atoms with Crippen LogP contribution in [0, 0.1) is 11.7 Å². The number of rotatable bonds is 6. The fourth-order valence-electron chi connectivity index (χ4n) is 3.79. The van der Waals surface area contributed by atoms with Crippen molar-refractivity contribution < 1.29 is 23.5 Å². The first-order valence-corrected chi connectivity index (χ1v) is 10.7. The van der Waals surface area contributed by atoms with Crippen molar-refractivity contribution in [2.24, 2.45) is 5.92 Å². The second kappa shape index (κ2) is 10.1. The molecule has 0 radical (unpaired) electrons. The second-order valence-electron chi connectivity index (χ2n) is 7.72. The van der Waals surface area contributed by atoms with Gasteiger partial charge in [-0.05, 0) is 55.3 Å². The Morgan fingerprint density at radius 1 is 1.12 bits per heavy atom. The highest BCUT2D eigenvalue weighted by Gasteiger charge is 2.29. The van der Waals surface area contributed by atoms with Crippen LogP contribution in [0.4, 0.5) is 10.1 Å². The summed E-state index contributed by atoms with van der Waals surface area (Å²) < 4.78 is 24.8. The number of hydrogen-bond acceptors (Lipinski definition) is 5. The number of piperidine rings is 1. The maximum Gasteiger partial charge on any atom is 0.253 e. The number of aromatic nitrogens is 1. The number of nitrogens with one attached hydrogen (secondary N) is 1. The van der Waals surface area contributed by atoms with Gasteiger partial charge in [-0.2, -0.15) is 0 Å². The van der Waals surface area contributed by atoms with Crippen LogP contribution in [0.25, 0.3) is 0 Å². The molecule has 2 aromatic carbocycles. The first kappa shape index (κ1) is 22.3. The average Bonchev–Trinajstić information content (AvgIpc) is 2.85. The molecule has 1 atom stereocenters. The summed E-state index contributed by atoms with van der Waals surface area (Å²) in [5, 5.41) is 2.93. The third-order valence-corrected chi connectivity index (χ3v) is 5.49. The van der Waals surface area contributed by atoms with Gasteiger partial charge in [0.25, 0.3) is 5.91 Å². The molecule has 7 nitrogen and oxygen atoms in total. The molecule has 0 spiro atoms. The number of anilines is 1. The maximum atomic E-state index is 14.0. The summed E-state index contributed by atoms with van der Waals surface area (Å²) >= 11 is 0. The number of hydrogen-bond donors (Lipinski definition) is 1. The minimum atomic E-state index is -0.597. The van der Waals surface area contributed by atoms with E-state index in [1.165, 1.54) is 19.2 Å². The first-order valence-electron chi connectivity index (χ1n) is 10.7. The van der Waals surface area contributed by atoms with Gasteiger partial charge in [0.05, 0.1) is 24.9 Å². The van der Waals surface area contributed by atoms with Crippen molar-refractivity contribution in [1.29, 1.82) is 0 Å². The third kappa shape index (κ3) is 5.28. The number of pyridine rings is 1. The minimum Gasteiger partial charge on any atom is -0.494 e. The monoisotopic (exact) mass is 449 g/mol. The number of carbonyl (C=O) groups is 2. The lowest BCUT2D eigenvalue weighted by atomic mass is 9.96. The van der Waals surface area contributed by atoms with Crippen LogP contribution >= 0.6 is 0 Å². The van der Waals surface area contributed by atoms with Gasteiger partial charge in [0.1, 0.15) is 5.75 Å². The van der Waals surface area contributed by atoms with E-state index in [4.69, 9.17) is 9.47 Å². The average molecular weight is 449 g/mol. The molecule has 8 heteroatoms. The number of ether oxygens (including phenoxy) is 2. The molecular weight excluding hydrogens is 425 g/mol. The molecular formula is C25H24FN3O4. The first-order chi connectivity index (χ1) is 16.0. The number of halogens is 1. The van der Waals surface area contributed by atoms with Crippen LogP contribution in [0.15, 0.2) is 67.0 Å². The van der Waals surface area contributed by atoms with E-state index in [0.29, 0.717) is 36.6 Å². The van der Waals surface area contributed by atoms with E-state index in [2.05, 4.69) is 10.3 Å². The van der Waals surface area contributed by atoms with Gasteiger partial charge >= 0.3 is 0 Å². The van der Waals surface area contributed by atoms with Crippen molar-refractivity contribution in [1.82, 2.24) is 9.88 Å². The Hall–Kier alpha value is -3.94. The van der Waals surface area contributed by atoms with Crippen molar-refractivity contribution in [3.05, 3.63) is 78.4 Å². The minimum absolute atomic E-state index is 0.0783. The van der Waals surface area contributed by atoms with E-state index in [9.17, 15) is 14.0 Å². The summed E-state index contributed by atoms with van der Waals surface area (Å²) in [6, 6.07) is 14.8. The largest absolute Gasteiger partial charge is 0.494 e. The van der Waals surface area contributed by atoms with Gasteiger partial charge in [0.2, 0.25) is 5.91 Å². The van der Waals surface area contributed by atoms with Crippen LogP contribution in [0.2, 0.25) is 0 Å². The smallest absolute Gasteiger partial charge is 0.253 e. The number of para-hydroxylation sites is 2. The van der Waals surface area contributed by atoms with Crippen LogP contribution in [-0.2, 0) is 4.79 Å². The van der Waals surface area contributed by atoms with Crippen molar-refractivity contribution in [3.63, 3.8) is 0 Å². The predicted octanol–water partition coefficient (Wildman–Crippen LogP) is 4.51. The molecule has 4 rings (SSSR count). The molecule has 1 aromatic heterocycles. The van der Waals surface area contributed by atoms with Gasteiger partial charge in [0, 0.05) is 24.8 Å². The Kier molecular flexibility index (Phi) is 6.83. The van der Waals surface area contributed by atoms with Crippen LogP contribution < -0.4 is 14.8 Å². The Labute approximate surface area is 191 Å². The summed E-state index contributed by atoms with van der Waals surface area (Å²) in [5.74, 6) is -0.367. The number of methoxy groups -OCH3 is 1. The van der Waals surface area contributed by atoms with Gasteiger partial charge in [-0.15, -0.1) is 0 Å². The molecule has 1 aliphatic heterocycles. The molecule has 1 saturated heterocycles. The van der Waals surface area contributed by atoms with E-state index in [1.54, 1.807) is 47.6 Å².